The molecule has 0 unspecified atom stereocenters. The van der Waals surface area contributed by atoms with Crippen LogP contribution in [0.15, 0.2) is 59.5 Å². The monoisotopic (exact) mass is 390 g/mol. The number of carbonyl (C=O) groups is 1. The number of ketones is 1. The van der Waals surface area contributed by atoms with Crippen LogP contribution in [0.5, 0.6) is 5.75 Å². The molecule has 0 amide bonds. The lowest BCUT2D eigenvalue weighted by atomic mass is 10.1. The summed E-state index contributed by atoms with van der Waals surface area (Å²) in [4.78, 5) is 25.4. The van der Waals surface area contributed by atoms with Crippen molar-refractivity contribution in [3.63, 3.8) is 0 Å². The zero-order valence-electron chi connectivity index (χ0n) is 16.6. The molecule has 0 bridgehead atoms. The van der Waals surface area contributed by atoms with Gasteiger partial charge in [0, 0.05) is 28.8 Å². The molecule has 0 atom stereocenters. The molecule has 0 aliphatic carbocycles. The lowest BCUT2D eigenvalue weighted by molar-refractivity contribution is 0.0965. The zero-order chi connectivity index (χ0) is 20.5. The number of Topliss-reactive ketones (excluding diaryl/α,β-unsaturated/α-hetero) is 1. The quantitative estimate of drug-likeness (QED) is 0.474. The smallest absolute Gasteiger partial charge is 0.350 e. The van der Waals surface area contributed by atoms with Crippen molar-refractivity contribution in [1.82, 2.24) is 18.7 Å². The van der Waals surface area contributed by atoms with Gasteiger partial charge in [-0.2, -0.15) is 0 Å². The van der Waals surface area contributed by atoms with Crippen molar-refractivity contribution in [3.8, 4) is 11.4 Å². The Hall–Kier alpha value is -3.61. The van der Waals surface area contributed by atoms with Crippen LogP contribution in [-0.2, 0) is 6.54 Å². The molecule has 0 aliphatic heterocycles. The Bertz CT molecular complexity index is 1250. The molecule has 0 radical (unpaired) electrons. The van der Waals surface area contributed by atoms with E-state index in [1.165, 1.54) is 9.08 Å². The minimum Gasteiger partial charge on any atom is -0.494 e. The van der Waals surface area contributed by atoms with E-state index in [0.29, 0.717) is 17.8 Å². The minimum absolute atomic E-state index is 0.103. The summed E-state index contributed by atoms with van der Waals surface area (Å²) in [5.41, 5.74) is 3.50. The number of benzene rings is 1. The van der Waals surface area contributed by atoms with Gasteiger partial charge in [-0.3, -0.25) is 9.20 Å². The third-order valence-corrected chi connectivity index (χ3v) is 4.92. The number of hydrogen-bond acceptors (Lipinski definition) is 4. The average molecular weight is 390 g/mol. The molecule has 4 rings (SSSR count). The number of ether oxygens (including phenoxy) is 1. The van der Waals surface area contributed by atoms with Crippen molar-refractivity contribution >= 4 is 11.4 Å². The van der Waals surface area contributed by atoms with Crippen molar-refractivity contribution in [2.75, 3.05) is 6.61 Å². The molecular formula is C22H22N4O3. The van der Waals surface area contributed by atoms with E-state index in [1.54, 1.807) is 24.4 Å². The molecule has 3 aromatic heterocycles. The highest BCUT2D eigenvalue weighted by molar-refractivity contribution is 5.97. The highest BCUT2D eigenvalue weighted by Crippen LogP contribution is 2.23. The lowest BCUT2D eigenvalue weighted by Crippen LogP contribution is -2.25. The number of nitrogens with zero attached hydrogens (tertiary/aromatic N) is 4. The second-order valence-corrected chi connectivity index (χ2v) is 6.84. The van der Waals surface area contributed by atoms with Gasteiger partial charge in [0.15, 0.2) is 11.4 Å². The molecule has 0 N–H and O–H groups in total. The Morgan fingerprint density at radius 2 is 1.86 bits per heavy atom. The number of rotatable bonds is 6. The van der Waals surface area contributed by atoms with Gasteiger partial charge in [0.25, 0.3) is 0 Å². The Morgan fingerprint density at radius 3 is 2.55 bits per heavy atom. The van der Waals surface area contributed by atoms with E-state index in [0.717, 1.165) is 22.8 Å². The molecule has 29 heavy (non-hydrogen) atoms. The van der Waals surface area contributed by atoms with Crippen LogP contribution < -0.4 is 10.4 Å². The fraction of sp³-hybridized carbons (Fsp3) is 0.227. The Balaban J connectivity index is 1.65. The summed E-state index contributed by atoms with van der Waals surface area (Å²) in [6, 6.07) is 14.9. The van der Waals surface area contributed by atoms with Crippen LogP contribution in [0.2, 0.25) is 0 Å². The van der Waals surface area contributed by atoms with Crippen LogP contribution in [0, 0.1) is 13.8 Å². The SMILES string of the molecule is CCOc1ccc(-n2c(C)cc(C(=O)Cn3nc4ccccn4c3=O)c2C)cc1. The van der Waals surface area contributed by atoms with E-state index in [-0.39, 0.29) is 18.0 Å². The molecule has 0 fully saturated rings. The third kappa shape index (κ3) is 3.35. The van der Waals surface area contributed by atoms with Gasteiger partial charge in [-0.25, -0.2) is 9.48 Å². The summed E-state index contributed by atoms with van der Waals surface area (Å²) in [5, 5.41) is 4.25. The first kappa shape index (κ1) is 18.7. The first-order chi connectivity index (χ1) is 14.0. The minimum atomic E-state index is -0.325. The van der Waals surface area contributed by atoms with Crippen molar-refractivity contribution in [1.29, 1.82) is 0 Å². The summed E-state index contributed by atoms with van der Waals surface area (Å²) in [5.74, 6) is 0.655. The normalized spacial score (nSPS) is 11.1. The maximum Gasteiger partial charge on any atom is 0.350 e. The summed E-state index contributed by atoms with van der Waals surface area (Å²) in [6.45, 7) is 6.32. The molecule has 7 heteroatoms. The van der Waals surface area contributed by atoms with Gasteiger partial charge in [0.1, 0.15) is 12.3 Å². The van der Waals surface area contributed by atoms with Crippen LogP contribution in [0.4, 0.5) is 0 Å². The Kier molecular flexibility index (Phi) is 4.80. The molecule has 4 aromatic rings. The van der Waals surface area contributed by atoms with Gasteiger partial charge in [-0.05, 0) is 63.2 Å². The van der Waals surface area contributed by atoms with Gasteiger partial charge < -0.3 is 9.30 Å². The number of hydrogen-bond donors (Lipinski definition) is 0. The highest BCUT2D eigenvalue weighted by Gasteiger charge is 2.19. The van der Waals surface area contributed by atoms with Crippen LogP contribution in [0.1, 0.15) is 28.7 Å². The molecule has 0 saturated heterocycles. The van der Waals surface area contributed by atoms with Gasteiger partial charge in [0.05, 0.1) is 6.61 Å². The topological polar surface area (TPSA) is 70.5 Å². The first-order valence-corrected chi connectivity index (χ1v) is 9.49. The summed E-state index contributed by atoms with van der Waals surface area (Å²) < 4.78 is 10.2. The van der Waals surface area contributed by atoms with E-state index in [9.17, 15) is 9.59 Å². The second kappa shape index (κ2) is 7.43. The zero-order valence-corrected chi connectivity index (χ0v) is 16.6. The van der Waals surface area contributed by atoms with Crippen LogP contribution >= 0.6 is 0 Å². The fourth-order valence-electron chi connectivity index (χ4n) is 3.59. The molecule has 0 saturated carbocycles. The number of aryl methyl sites for hydroxylation is 1. The number of fused-ring (bicyclic) bond motifs is 1. The fourth-order valence-corrected chi connectivity index (χ4v) is 3.59. The summed E-state index contributed by atoms with van der Waals surface area (Å²) >= 11 is 0. The number of aromatic nitrogens is 4. The van der Waals surface area contributed by atoms with Gasteiger partial charge in [-0.15, -0.1) is 5.10 Å². The molecule has 1 aromatic carbocycles. The van der Waals surface area contributed by atoms with Gasteiger partial charge in [-0.1, -0.05) is 6.07 Å². The van der Waals surface area contributed by atoms with Crippen molar-refractivity contribution in [3.05, 3.63) is 82.2 Å². The van der Waals surface area contributed by atoms with Crippen molar-refractivity contribution in [2.45, 2.75) is 27.3 Å². The predicted octanol–water partition coefficient (Wildman–Crippen LogP) is 3.19. The maximum atomic E-state index is 13.0. The average Bonchev–Trinajstić information content (AvgIpc) is 3.19. The Morgan fingerprint density at radius 1 is 1.10 bits per heavy atom. The largest absolute Gasteiger partial charge is 0.494 e. The third-order valence-electron chi connectivity index (χ3n) is 4.92. The molecule has 0 spiro atoms. The highest BCUT2D eigenvalue weighted by atomic mass is 16.5. The van der Waals surface area contributed by atoms with E-state index in [1.807, 2.05) is 55.7 Å². The van der Waals surface area contributed by atoms with E-state index >= 15 is 0 Å². The summed E-state index contributed by atoms with van der Waals surface area (Å²) in [7, 11) is 0. The van der Waals surface area contributed by atoms with E-state index in [4.69, 9.17) is 4.74 Å². The van der Waals surface area contributed by atoms with Crippen molar-refractivity contribution < 1.29 is 9.53 Å². The molecule has 148 valence electrons. The number of carbonyl (C=O) groups excluding carboxylic acids is 1. The Labute approximate surface area is 167 Å². The van der Waals surface area contributed by atoms with Crippen LogP contribution in [-0.4, -0.2) is 31.1 Å². The van der Waals surface area contributed by atoms with Crippen LogP contribution in [0.3, 0.4) is 0 Å². The molecule has 7 nitrogen and oxygen atoms in total. The number of pyridine rings is 1. The standard InChI is InChI=1S/C22H22N4O3/c1-4-29-18-10-8-17(9-11-18)26-15(2)13-19(16(26)3)20(27)14-25-22(28)24-12-6-5-7-21(24)23-25/h5-13H,4,14H2,1-3H3. The van der Waals surface area contributed by atoms with Gasteiger partial charge in [0.2, 0.25) is 0 Å². The van der Waals surface area contributed by atoms with E-state index in [2.05, 4.69) is 5.10 Å². The lowest BCUT2D eigenvalue weighted by Gasteiger charge is -2.11. The van der Waals surface area contributed by atoms with E-state index < -0.39 is 0 Å². The molecular weight excluding hydrogens is 368 g/mol. The summed E-state index contributed by atoms with van der Waals surface area (Å²) in [6.07, 6.45) is 1.64. The van der Waals surface area contributed by atoms with Crippen LogP contribution in [0.25, 0.3) is 11.3 Å². The molecule has 3 heterocycles. The van der Waals surface area contributed by atoms with Gasteiger partial charge >= 0.3 is 5.69 Å². The maximum absolute atomic E-state index is 13.0. The molecule has 0 aliphatic rings. The predicted molar refractivity (Wildman–Crippen MR) is 110 cm³/mol. The van der Waals surface area contributed by atoms with Crippen molar-refractivity contribution in [2.24, 2.45) is 0 Å². The first-order valence-electron chi connectivity index (χ1n) is 9.49. The second-order valence-electron chi connectivity index (χ2n) is 6.84.